The van der Waals surface area contributed by atoms with Gasteiger partial charge in [0.1, 0.15) is 12.4 Å². The van der Waals surface area contributed by atoms with Crippen molar-refractivity contribution in [2.75, 3.05) is 7.11 Å². The van der Waals surface area contributed by atoms with Crippen molar-refractivity contribution in [3.8, 4) is 0 Å². The van der Waals surface area contributed by atoms with Crippen LogP contribution in [0.4, 0.5) is 0 Å². The summed E-state index contributed by atoms with van der Waals surface area (Å²) in [7, 11) is 1.56. The maximum absolute atomic E-state index is 12.4. The smallest absolute Gasteiger partial charge is 0.336 e. The van der Waals surface area contributed by atoms with Crippen molar-refractivity contribution in [2.45, 2.75) is 13.7 Å². The molecule has 3 rings (SSSR count). The van der Waals surface area contributed by atoms with Gasteiger partial charge in [-0.1, -0.05) is 0 Å². The van der Waals surface area contributed by atoms with E-state index < -0.39 is 0 Å². The molecule has 0 N–H and O–H groups in total. The van der Waals surface area contributed by atoms with E-state index in [0.29, 0.717) is 5.65 Å². The minimum atomic E-state index is -0.133. The van der Waals surface area contributed by atoms with Crippen LogP contribution in [0.15, 0.2) is 35.4 Å². The highest BCUT2D eigenvalue weighted by Gasteiger charge is 2.12. The standard InChI is InChI=1S/C13H13N3O2/c1-9-10-4-3-6-14-12(10)16-11(9)5-7-15(8-18-2)13(16)17/h3-7H,8H2,1-2H3. The fraction of sp³-hybridized carbons (Fsp3) is 0.231. The van der Waals surface area contributed by atoms with E-state index in [0.717, 1.165) is 16.5 Å². The summed E-state index contributed by atoms with van der Waals surface area (Å²) in [6.45, 7) is 2.24. The number of nitrogens with zero attached hydrogens (tertiary/aromatic N) is 3. The summed E-state index contributed by atoms with van der Waals surface area (Å²) in [4.78, 5) is 16.7. The molecule has 0 radical (unpaired) electrons. The number of hydrogen-bond donors (Lipinski definition) is 0. The van der Waals surface area contributed by atoms with Gasteiger partial charge in [-0.05, 0) is 30.7 Å². The Kier molecular flexibility index (Phi) is 2.41. The van der Waals surface area contributed by atoms with Crippen molar-refractivity contribution in [1.82, 2.24) is 14.0 Å². The Labute approximate surface area is 103 Å². The van der Waals surface area contributed by atoms with Crippen molar-refractivity contribution in [1.29, 1.82) is 0 Å². The molecule has 0 amide bonds. The van der Waals surface area contributed by atoms with Gasteiger partial charge in [-0.3, -0.25) is 4.57 Å². The van der Waals surface area contributed by atoms with Crippen molar-refractivity contribution in [3.63, 3.8) is 0 Å². The number of ether oxygens (including phenoxy) is 1. The Hall–Kier alpha value is -2.14. The first-order valence-corrected chi connectivity index (χ1v) is 5.68. The zero-order chi connectivity index (χ0) is 12.7. The topological polar surface area (TPSA) is 48.5 Å². The molecule has 5 nitrogen and oxygen atoms in total. The number of fused-ring (bicyclic) bond motifs is 3. The predicted octanol–water partition coefficient (Wildman–Crippen LogP) is 1.56. The van der Waals surface area contributed by atoms with E-state index in [2.05, 4.69) is 4.98 Å². The second kappa shape index (κ2) is 3.96. The fourth-order valence-electron chi connectivity index (χ4n) is 2.27. The van der Waals surface area contributed by atoms with E-state index in [1.165, 1.54) is 4.57 Å². The van der Waals surface area contributed by atoms with Crippen LogP contribution in [-0.2, 0) is 11.5 Å². The number of methoxy groups -OCH3 is 1. The van der Waals surface area contributed by atoms with Crippen LogP contribution in [0.25, 0.3) is 16.6 Å². The molecule has 3 aromatic heterocycles. The summed E-state index contributed by atoms with van der Waals surface area (Å²) < 4.78 is 8.15. The van der Waals surface area contributed by atoms with E-state index in [9.17, 15) is 4.79 Å². The highest BCUT2D eigenvalue weighted by molar-refractivity contribution is 5.89. The second-order valence-corrected chi connectivity index (χ2v) is 4.21. The van der Waals surface area contributed by atoms with Gasteiger partial charge in [0.2, 0.25) is 0 Å². The third-order valence-corrected chi connectivity index (χ3v) is 3.15. The van der Waals surface area contributed by atoms with Crippen molar-refractivity contribution in [3.05, 3.63) is 46.6 Å². The number of rotatable bonds is 2. The molecule has 0 saturated carbocycles. The highest BCUT2D eigenvalue weighted by Crippen LogP contribution is 2.22. The van der Waals surface area contributed by atoms with Crippen LogP contribution in [0, 0.1) is 6.92 Å². The molecule has 0 saturated heterocycles. The Morgan fingerprint density at radius 2 is 2.22 bits per heavy atom. The molecule has 18 heavy (non-hydrogen) atoms. The zero-order valence-electron chi connectivity index (χ0n) is 10.3. The monoisotopic (exact) mass is 243 g/mol. The van der Waals surface area contributed by atoms with Crippen LogP contribution in [0.3, 0.4) is 0 Å². The maximum Gasteiger partial charge on any atom is 0.336 e. The van der Waals surface area contributed by atoms with Gasteiger partial charge in [-0.2, -0.15) is 0 Å². The molecule has 0 atom stereocenters. The molecule has 0 unspecified atom stereocenters. The minimum absolute atomic E-state index is 0.133. The SMILES string of the molecule is COCn1ccc2c(C)c3cccnc3n2c1=O. The van der Waals surface area contributed by atoms with Crippen molar-refractivity contribution in [2.24, 2.45) is 0 Å². The zero-order valence-corrected chi connectivity index (χ0v) is 10.3. The summed E-state index contributed by atoms with van der Waals surface area (Å²) in [5.74, 6) is 0. The highest BCUT2D eigenvalue weighted by atomic mass is 16.5. The normalized spacial score (nSPS) is 11.4. The molecule has 3 heterocycles. The average molecular weight is 243 g/mol. The second-order valence-electron chi connectivity index (χ2n) is 4.21. The van der Waals surface area contributed by atoms with Crippen LogP contribution < -0.4 is 5.69 Å². The number of aryl methyl sites for hydroxylation is 1. The molecule has 0 aliphatic carbocycles. The lowest BCUT2D eigenvalue weighted by Gasteiger charge is -2.05. The van der Waals surface area contributed by atoms with Gasteiger partial charge in [-0.25, -0.2) is 14.2 Å². The molecule has 0 spiro atoms. The third kappa shape index (κ3) is 1.37. The van der Waals surface area contributed by atoms with Gasteiger partial charge in [0, 0.05) is 24.9 Å². The molecule has 0 bridgehead atoms. The lowest BCUT2D eigenvalue weighted by atomic mass is 10.2. The fourth-order valence-corrected chi connectivity index (χ4v) is 2.27. The average Bonchev–Trinajstić information content (AvgIpc) is 2.68. The molecular weight excluding hydrogens is 230 g/mol. The summed E-state index contributed by atoms with van der Waals surface area (Å²) in [6, 6.07) is 5.77. The first-order valence-electron chi connectivity index (χ1n) is 5.68. The number of pyridine rings is 1. The van der Waals surface area contributed by atoms with Gasteiger partial charge < -0.3 is 4.74 Å². The van der Waals surface area contributed by atoms with Gasteiger partial charge in [0.05, 0.1) is 5.52 Å². The Bertz CT molecular complexity index is 786. The number of aromatic nitrogens is 3. The molecule has 0 aromatic carbocycles. The molecule has 0 aliphatic heterocycles. The largest absolute Gasteiger partial charge is 0.364 e. The summed E-state index contributed by atoms with van der Waals surface area (Å²) in [5, 5.41) is 1.00. The first-order chi connectivity index (χ1) is 8.74. The van der Waals surface area contributed by atoms with E-state index in [1.807, 2.05) is 25.1 Å². The van der Waals surface area contributed by atoms with Crippen LogP contribution in [-0.4, -0.2) is 21.1 Å². The summed E-state index contributed by atoms with van der Waals surface area (Å²) in [6.07, 6.45) is 3.44. The van der Waals surface area contributed by atoms with Crippen LogP contribution in [0.1, 0.15) is 5.56 Å². The minimum Gasteiger partial charge on any atom is -0.364 e. The lowest BCUT2D eigenvalue weighted by molar-refractivity contribution is 0.126. The Balaban J connectivity index is 2.51. The van der Waals surface area contributed by atoms with E-state index in [-0.39, 0.29) is 12.4 Å². The van der Waals surface area contributed by atoms with E-state index in [4.69, 9.17) is 4.74 Å². The molecular formula is C13H13N3O2. The van der Waals surface area contributed by atoms with Crippen molar-refractivity contribution >= 4 is 16.6 Å². The summed E-state index contributed by atoms with van der Waals surface area (Å²) >= 11 is 0. The van der Waals surface area contributed by atoms with Crippen LogP contribution >= 0.6 is 0 Å². The third-order valence-electron chi connectivity index (χ3n) is 3.15. The predicted molar refractivity (Wildman–Crippen MR) is 68.7 cm³/mol. The molecule has 5 heteroatoms. The van der Waals surface area contributed by atoms with Gasteiger partial charge in [0.25, 0.3) is 0 Å². The van der Waals surface area contributed by atoms with Crippen molar-refractivity contribution < 1.29 is 4.74 Å². The van der Waals surface area contributed by atoms with E-state index in [1.54, 1.807) is 23.9 Å². The maximum atomic E-state index is 12.4. The molecule has 0 fully saturated rings. The Morgan fingerprint density at radius 3 is 3.00 bits per heavy atom. The van der Waals surface area contributed by atoms with Crippen LogP contribution in [0.5, 0.6) is 0 Å². The lowest BCUT2D eigenvalue weighted by Crippen LogP contribution is -2.26. The Morgan fingerprint density at radius 1 is 1.39 bits per heavy atom. The molecule has 3 aromatic rings. The molecule has 92 valence electrons. The number of hydrogen-bond acceptors (Lipinski definition) is 3. The van der Waals surface area contributed by atoms with Gasteiger partial charge in [-0.15, -0.1) is 0 Å². The summed E-state index contributed by atoms with van der Waals surface area (Å²) in [5.41, 5.74) is 2.52. The van der Waals surface area contributed by atoms with E-state index >= 15 is 0 Å². The van der Waals surface area contributed by atoms with Crippen LogP contribution in [0.2, 0.25) is 0 Å². The quantitative estimate of drug-likeness (QED) is 0.686. The molecule has 0 aliphatic rings. The first kappa shape index (κ1) is 11.0. The van der Waals surface area contributed by atoms with Gasteiger partial charge >= 0.3 is 5.69 Å². The van der Waals surface area contributed by atoms with Gasteiger partial charge in [0.15, 0.2) is 0 Å².